The van der Waals surface area contributed by atoms with Crippen LogP contribution in [0.15, 0.2) is 30.3 Å². The van der Waals surface area contributed by atoms with Crippen molar-refractivity contribution in [2.45, 2.75) is 0 Å². The van der Waals surface area contributed by atoms with Crippen molar-refractivity contribution in [3.05, 3.63) is 51.6 Å². The van der Waals surface area contributed by atoms with Crippen molar-refractivity contribution in [2.75, 3.05) is 35.5 Å². The van der Waals surface area contributed by atoms with Gasteiger partial charge in [0.2, 0.25) is 5.75 Å². The van der Waals surface area contributed by atoms with Crippen molar-refractivity contribution in [3.63, 3.8) is 0 Å². The molecule has 0 aliphatic rings. The number of rotatable bonds is 8. The van der Waals surface area contributed by atoms with Gasteiger partial charge in [0, 0.05) is 6.07 Å². The largest absolute Gasteiger partial charge is 0.497 e. The van der Waals surface area contributed by atoms with Crippen molar-refractivity contribution in [3.8, 4) is 23.0 Å². The van der Waals surface area contributed by atoms with Gasteiger partial charge in [0.15, 0.2) is 11.5 Å². The van der Waals surface area contributed by atoms with Gasteiger partial charge in [0.25, 0.3) is 5.69 Å². The number of esters is 1. The van der Waals surface area contributed by atoms with E-state index in [4.69, 9.17) is 23.7 Å². The number of carbonyl (C=O) groups is 1. The highest BCUT2D eigenvalue weighted by Gasteiger charge is 2.24. The molecule has 2 aromatic carbocycles. The van der Waals surface area contributed by atoms with Crippen LogP contribution >= 0.6 is 0 Å². The number of methoxy groups -OCH3 is 5. The van der Waals surface area contributed by atoms with E-state index in [0.29, 0.717) is 28.6 Å². The van der Waals surface area contributed by atoms with Crippen LogP contribution in [0.1, 0.15) is 11.1 Å². The number of nitro groups is 1. The average molecular weight is 403 g/mol. The molecule has 0 atom stereocenters. The smallest absolute Gasteiger partial charge is 0.338 e. The van der Waals surface area contributed by atoms with Gasteiger partial charge in [-0.1, -0.05) is 0 Å². The maximum absolute atomic E-state index is 12.5. The van der Waals surface area contributed by atoms with Crippen LogP contribution in [-0.2, 0) is 9.53 Å². The van der Waals surface area contributed by atoms with Gasteiger partial charge in [-0.2, -0.15) is 0 Å². The van der Waals surface area contributed by atoms with Crippen molar-refractivity contribution in [2.24, 2.45) is 0 Å². The molecule has 0 spiro atoms. The molecular formula is C20H21NO8. The minimum atomic E-state index is -0.755. The summed E-state index contributed by atoms with van der Waals surface area (Å²) in [5, 5.41) is 11.5. The van der Waals surface area contributed by atoms with Crippen molar-refractivity contribution in [1.29, 1.82) is 0 Å². The number of hydrogen-bond donors (Lipinski definition) is 0. The topological polar surface area (TPSA) is 106 Å². The van der Waals surface area contributed by atoms with Gasteiger partial charge in [-0.3, -0.25) is 10.1 Å². The first-order chi connectivity index (χ1) is 13.9. The van der Waals surface area contributed by atoms with Gasteiger partial charge >= 0.3 is 5.97 Å². The number of ether oxygens (including phenoxy) is 5. The standard InChI is InChI=1S/C20H21NO8/c1-25-13-6-7-16(21(23)24)14(11-13)15(20(22)29-5)8-12-9-17(26-2)19(28-4)18(10-12)27-3/h6-11H,1-5H3/b15-8-. The van der Waals surface area contributed by atoms with E-state index in [1.54, 1.807) is 12.1 Å². The summed E-state index contributed by atoms with van der Waals surface area (Å²) in [6.07, 6.45) is 1.44. The lowest BCUT2D eigenvalue weighted by molar-refractivity contribution is -0.385. The fourth-order valence-corrected chi connectivity index (χ4v) is 2.73. The molecule has 0 aliphatic carbocycles. The van der Waals surface area contributed by atoms with Gasteiger partial charge in [0.05, 0.1) is 51.6 Å². The van der Waals surface area contributed by atoms with Crippen LogP contribution in [0.4, 0.5) is 5.69 Å². The SMILES string of the molecule is COC(=O)/C(=C\c1cc(OC)c(OC)c(OC)c1)c1cc(OC)ccc1[N+](=O)[O-]. The van der Waals surface area contributed by atoms with E-state index in [-0.39, 0.29) is 16.8 Å². The van der Waals surface area contributed by atoms with E-state index in [0.717, 1.165) is 0 Å². The maximum Gasteiger partial charge on any atom is 0.338 e. The van der Waals surface area contributed by atoms with Gasteiger partial charge in [-0.25, -0.2) is 4.79 Å². The molecule has 0 saturated heterocycles. The fraction of sp³-hybridized carbons (Fsp3) is 0.250. The average Bonchev–Trinajstić information content (AvgIpc) is 2.75. The van der Waals surface area contributed by atoms with Gasteiger partial charge in [0.1, 0.15) is 5.75 Å². The van der Waals surface area contributed by atoms with Crippen LogP contribution in [0, 0.1) is 10.1 Å². The quantitative estimate of drug-likeness (QED) is 0.217. The molecule has 154 valence electrons. The number of benzene rings is 2. The molecule has 2 aromatic rings. The molecule has 9 heteroatoms. The van der Waals surface area contributed by atoms with Crippen molar-refractivity contribution < 1.29 is 33.4 Å². The second-order valence-electron chi connectivity index (χ2n) is 5.65. The third-order valence-corrected chi connectivity index (χ3v) is 4.09. The summed E-state index contributed by atoms with van der Waals surface area (Å²) in [6.45, 7) is 0. The monoisotopic (exact) mass is 403 g/mol. The van der Waals surface area contributed by atoms with Crippen LogP contribution < -0.4 is 18.9 Å². The molecule has 29 heavy (non-hydrogen) atoms. The minimum absolute atomic E-state index is 0.0348. The zero-order valence-electron chi connectivity index (χ0n) is 16.7. The Kier molecular flexibility index (Phi) is 7.02. The Hall–Kier alpha value is -3.75. The van der Waals surface area contributed by atoms with Crippen LogP contribution in [-0.4, -0.2) is 46.4 Å². The fourth-order valence-electron chi connectivity index (χ4n) is 2.73. The second kappa shape index (κ2) is 9.45. The molecule has 0 fully saturated rings. The third kappa shape index (κ3) is 4.57. The summed E-state index contributed by atoms with van der Waals surface area (Å²) >= 11 is 0. The minimum Gasteiger partial charge on any atom is -0.497 e. The highest BCUT2D eigenvalue weighted by molar-refractivity contribution is 6.22. The van der Waals surface area contributed by atoms with Crippen LogP contribution in [0.2, 0.25) is 0 Å². The Morgan fingerprint density at radius 2 is 1.55 bits per heavy atom. The maximum atomic E-state index is 12.5. The lowest BCUT2D eigenvalue weighted by atomic mass is 10.00. The highest BCUT2D eigenvalue weighted by atomic mass is 16.6. The first-order valence-corrected chi connectivity index (χ1v) is 8.32. The lowest BCUT2D eigenvalue weighted by Crippen LogP contribution is -2.07. The lowest BCUT2D eigenvalue weighted by Gasteiger charge is -2.14. The molecule has 0 aromatic heterocycles. The molecule has 0 bridgehead atoms. The molecule has 9 nitrogen and oxygen atoms in total. The van der Waals surface area contributed by atoms with E-state index in [1.165, 1.54) is 59.8 Å². The normalized spacial score (nSPS) is 10.9. The van der Waals surface area contributed by atoms with E-state index in [2.05, 4.69) is 0 Å². The van der Waals surface area contributed by atoms with E-state index < -0.39 is 10.9 Å². The summed E-state index contributed by atoms with van der Waals surface area (Å²) in [4.78, 5) is 23.4. The molecule has 2 rings (SSSR count). The van der Waals surface area contributed by atoms with Gasteiger partial charge in [-0.05, 0) is 35.9 Å². The molecule has 0 radical (unpaired) electrons. The number of carbonyl (C=O) groups excluding carboxylic acids is 1. The number of nitrogens with zero attached hydrogens (tertiary/aromatic N) is 1. The summed E-state index contributed by atoms with van der Waals surface area (Å²) in [5.41, 5.74) is 0.231. The Morgan fingerprint density at radius 3 is 2.00 bits per heavy atom. The van der Waals surface area contributed by atoms with E-state index in [9.17, 15) is 14.9 Å². The Bertz CT molecular complexity index is 926. The van der Waals surface area contributed by atoms with Crippen LogP contribution in [0.5, 0.6) is 23.0 Å². The summed E-state index contributed by atoms with van der Waals surface area (Å²) in [7, 11) is 7.00. The second-order valence-corrected chi connectivity index (χ2v) is 5.65. The first-order valence-electron chi connectivity index (χ1n) is 8.32. The summed E-state index contributed by atoms with van der Waals surface area (Å²) < 4.78 is 25.9. The number of hydrogen-bond acceptors (Lipinski definition) is 8. The zero-order valence-corrected chi connectivity index (χ0v) is 16.7. The molecule has 0 amide bonds. The Balaban J connectivity index is 2.77. The predicted octanol–water partition coefficient (Wildman–Crippen LogP) is 3.34. The zero-order chi connectivity index (χ0) is 21.6. The molecule has 0 aliphatic heterocycles. The van der Waals surface area contributed by atoms with E-state index in [1.807, 2.05) is 0 Å². The van der Waals surface area contributed by atoms with Gasteiger partial charge < -0.3 is 23.7 Å². The molecule has 0 unspecified atom stereocenters. The Labute approximate surface area is 167 Å². The van der Waals surface area contributed by atoms with E-state index >= 15 is 0 Å². The van der Waals surface area contributed by atoms with Crippen molar-refractivity contribution in [1.82, 2.24) is 0 Å². The molecule has 0 N–H and O–H groups in total. The third-order valence-electron chi connectivity index (χ3n) is 4.09. The summed E-state index contributed by atoms with van der Waals surface area (Å²) in [6, 6.07) is 7.32. The van der Waals surface area contributed by atoms with Gasteiger partial charge in [-0.15, -0.1) is 0 Å². The van der Waals surface area contributed by atoms with Crippen molar-refractivity contribution >= 4 is 23.3 Å². The molecule has 0 heterocycles. The first kappa shape index (κ1) is 21.5. The Morgan fingerprint density at radius 1 is 0.931 bits per heavy atom. The molecular weight excluding hydrogens is 382 g/mol. The van der Waals surface area contributed by atoms with Crippen LogP contribution in [0.25, 0.3) is 11.6 Å². The molecule has 0 saturated carbocycles. The summed E-state index contributed by atoms with van der Waals surface area (Å²) in [5.74, 6) is 0.699. The highest BCUT2D eigenvalue weighted by Crippen LogP contribution is 2.40. The predicted molar refractivity (Wildman–Crippen MR) is 106 cm³/mol. The van der Waals surface area contributed by atoms with Crippen LogP contribution in [0.3, 0.4) is 0 Å². The number of nitro benzene ring substituents is 1.